The molecule has 1 aliphatic carbocycles. The molecule has 94 valence electrons. The Labute approximate surface area is 115 Å². The van der Waals surface area contributed by atoms with Gasteiger partial charge < -0.3 is 10.1 Å². The monoisotopic (exact) mass is 291 g/mol. The van der Waals surface area contributed by atoms with E-state index in [-0.39, 0.29) is 11.6 Å². The Morgan fingerprint density at radius 1 is 1.35 bits per heavy atom. The van der Waals surface area contributed by atoms with Crippen molar-refractivity contribution in [3.05, 3.63) is 20.3 Å². The second-order valence-electron chi connectivity index (χ2n) is 4.95. The first kappa shape index (κ1) is 12.2. The summed E-state index contributed by atoms with van der Waals surface area (Å²) in [6.07, 6.45) is 5.14. The molecule has 2 nitrogen and oxygen atoms in total. The molecule has 1 atom stereocenters. The van der Waals surface area contributed by atoms with E-state index in [0.29, 0.717) is 0 Å². The highest BCUT2D eigenvalue weighted by molar-refractivity contribution is 7.20. The fourth-order valence-corrected chi connectivity index (χ4v) is 4.38. The van der Waals surface area contributed by atoms with Crippen LogP contribution >= 0.6 is 34.5 Å². The first-order chi connectivity index (χ1) is 8.19. The molecule has 1 aromatic rings. The number of nitrogens with one attached hydrogen (secondary N) is 1. The van der Waals surface area contributed by atoms with Gasteiger partial charge in [0.15, 0.2) is 0 Å². The highest BCUT2D eigenvalue weighted by Gasteiger charge is 2.38. The Hall–Kier alpha value is 0.200. The molecular weight excluding hydrogens is 277 g/mol. The van der Waals surface area contributed by atoms with Gasteiger partial charge in [0.2, 0.25) is 0 Å². The highest BCUT2D eigenvalue weighted by Crippen LogP contribution is 2.40. The van der Waals surface area contributed by atoms with Crippen molar-refractivity contribution < 1.29 is 4.74 Å². The van der Waals surface area contributed by atoms with Gasteiger partial charge in [-0.2, -0.15) is 0 Å². The number of halogens is 2. The van der Waals surface area contributed by atoms with Crippen LogP contribution in [0.3, 0.4) is 0 Å². The van der Waals surface area contributed by atoms with Gasteiger partial charge in [-0.15, -0.1) is 11.3 Å². The third-order valence-corrected chi connectivity index (χ3v) is 5.33. The van der Waals surface area contributed by atoms with Crippen molar-refractivity contribution in [3.8, 4) is 0 Å². The van der Waals surface area contributed by atoms with Crippen LogP contribution in [0.4, 0.5) is 0 Å². The summed E-state index contributed by atoms with van der Waals surface area (Å²) in [6, 6.07) is 1.92. The molecule has 0 amide bonds. The molecule has 17 heavy (non-hydrogen) atoms. The summed E-state index contributed by atoms with van der Waals surface area (Å²) in [5.74, 6) is 0. The lowest BCUT2D eigenvalue weighted by atomic mass is 9.96. The van der Waals surface area contributed by atoms with E-state index >= 15 is 0 Å². The standard InChI is InChI=1S/C12H15Cl2NOS/c13-10-5-8(11(14)17-10)9-6-15-12(7-16-9)3-1-2-4-12/h5,9,15H,1-4,6-7H2. The minimum absolute atomic E-state index is 0.0532. The lowest BCUT2D eigenvalue weighted by molar-refractivity contribution is -0.0323. The van der Waals surface area contributed by atoms with Gasteiger partial charge in [0.25, 0.3) is 0 Å². The summed E-state index contributed by atoms with van der Waals surface area (Å²) in [5, 5.41) is 3.66. The van der Waals surface area contributed by atoms with E-state index in [1.54, 1.807) is 0 Å². The van der Waals surface area contributed by atoms with Gasteiger partial charge in [0.1, 0.15) is 4.34 Å². The van der Waals surface area contributed by atoms with E-state index in [2.05, 4.69) is 5.32 Å². The average Bonchev–Trinajstić information content (AvgIpc) is 2.88. The van der Waals surface area contributed by atoms with Crippen LogP contribution < -0.4 is 5.32 Å². The number of rotatable bonds is 1. The van der Waals surface area contributed by atoms with Crippen LogP contribution in [-0.4, -0.2) is 18.7 Å². The summed E-state index contributed by atoms with van der Waals surface area (Å²) in [5.41, 5.74) is 1.27. The Bertz CT molecular complexity index is 405. The summed E-state index contributed by atoms with van der Waals surface area (Å²) in [6.45, 7) is 1.63. The van der Waals surface area contributed by atoms with Crippen molar-refractivity contribution in [1.29, 1.82) is 0 Å². The van der Waals surface area contributed by atoms with E-state index in [4.69, 9.17) is 27.9 Å². The predicted molar refractivity (Wildman–Crippen MR) is 72.2 cm³/mol. The number of morpholine rings is 1. The predicted octanol–water partition coefficient (Wildman–Crippen LogP) is 4.03. The molecule has 5 heteroatoms. The molecule has 1 unspecified atom stereocenters. The van der Waals surface area contributed by atoms with E-state index in [9.17, 15) is 0 Å². The fourth-order valence-electron chi connectivity index (χ4n) is 2.82. The second-order valence-corrected chi connectivity index (χ2v) is 7.23. The summed E-state index contributed by atoms with van der Waals surface area (Å²) >= 11 is 13.5. The summed E-state index contributed by atoms with van der Waals surface area (Å²) < 4.78 is 7.48. The van der Waals surface area contributed by atoms with E-state index in [1.165, 1.54) is 37.0 Å². The van der Waals surface area contributed by atoms with Crippen molar-refractivity contribution in [1.82, 2.24) is 5.32 Å². The van der Waals surface area contributed by atoms with Crippen LogP contribution in [0.2, 0.25) is 8.67 Å². The molecule has 0 aromatic carbocycles. The van der Waals surface area contributed by atoms with Crippen LogP contribution in [0.5, 0.6) is 0 Å². The minimum atomic E-state index is 0.0532. The quantitative estimate of drug-likeness (QED) is 0.844. The van der Waals surface area contributed by atoms with Crippen molar-refractivity contribution in [3.63, 3.8) is 0 Å². The maximum atomic E-state index is 6.16. The maximum Gasteiger partial charge on any atom is 0.100 e. The molecule has 0 bridgehead atoms. The number of hydrogen-bond acceptors (Lipinski definition) is 3. The van der Waals surface area contributed by atoms with E-state index < -0.39 is 0 Å². The fraction of sp³-hybridized carbons (Fsp3) is 0.667. The van der Waals surface area contributed by atoms with Gasteiger partial charge in [-0.05, 0) is 18.9 Å². The van der Waals surface area contributed by atoms with Crippen LogP contribution in [-0.2, 0) is 4.74 Å². The third kappa shape index (κ3) is 2.36. The van der Waals surface area contributed by atoms with Crippen LogP contribution in [0, 0.1) is 0 Å². The van der Waals surface area contributed by atoms with E-state index in [1.807, 2.05) is 6.07 Å². The first-order valence-corrected chi connectivity index (χ1v) is 7.57. The highest BCUT2D eigenvalue weighted by atomic mass is 35.5. The van der Waals surface area contributed by atoms with Gasteiger partial charge in [0.05, 0.1) is 17.0 Å². The van der Waals surface area contributed by atoms with Crippen molar-refractivity contribution in [2.75, 3.05) is 13.2 Å². The molecule has 2 aliphatic rings. The van der Waals surface area contributed by atoms with E-state index in [0.717, 1.165) is 27.4 Å². The minimum Gasteiger partial charge on any atom is -0.370 e. The Morgan fingerprint density at radius 3 is 2.65 bits per heavy atom. The van der Waals surface area contributed by atoms with Crippen LogP contribution in [0.25, 0.3) is 0 Å². The Kier molecular flexibility index (Phi) is 3.39. The molecule has 1 spiro atoms. The molecular formula is C12H15Cl2NOS. The molecule has 2 fully saturated rings. The zero-order valence-electron chi connectivity index (χ0n) is 9.47. The van der Waals surface area contributed by atoms with Gasteiger partial charge in [-0.1, -0.05) is 36.0 Å². The molecule has 3 rings (SSSR count). The van der Waals surface area contributed by atoms with Gasteiger partial charge >= 0.3 is 0 Å². The molecule has 2 heterocycles. The zero-order valence-corrected chi connectivity index (χ0v) is 11.8. The lowest BCUT2D eigenvalue weighted by Crippen LogP contribution is -2.53. The third-order valence-electron chi connectivity index (χ3n) is 3.81. The van der Waals surface area contributed by atoms with Crippen LogP contribution in [0.15, 0.2) is 6.07 Å². The molecule has 0 radical (unpaired) electrons. The largest absolute Gasteiger partial charge is 0.370 e. The molecule has 1 aliphatic heterocycles. The van der Waals surface area contributed by atoms with Gasteiger partial charge in [0, 0.05) is 17.6 Å². The number of thiophene rings is 1. The molecule has 1 N–H and O–H groups in total. The van der Waals surface area contributed by atoms with Crippen molar-refractivity contribution >= 4 is 34.5 Å². The van der Waals surface area contributed by atoms with Gasteiger partial charge in [-0.25, -0.2) is 0 Å². The molecule has 1 saturated heterocycles. The topological polar surface area (TPSA) is 21.3 Å². The molecule has 1 saturated carbocycles. The zero-order chi connectivity index (χ0) is 11.9. The SMILES string of the molecule is Clc1cc(C2CNC3(CCCC3)CO2)c(Cl)s1. The molecule has 1 aromatic heterocycles. The Balaban J connectivity index is 1.70. The second kappa shape index (κ2) is 4.71. The lowest BCUT2D eigenvalue weighted by Gasteiger charge is -2.38. The summed E-state index contributed by atoms with van der Waals surface area (Å²) in [4.78, 5) is 0. The normalized spacial score (nSPS) is 27.8. The number of ether oxygens (including phenoxy) is 1. The number of hydrogen-bond donors (Lipinski definition) is 1. The van der Waals surface area contributed by atoms with Crippen molar-refractivity contribution in [2.45, 2.75) is 37.3 Å². The first-order valence-electron chi connectivity index (χ1n) is 6.00. The van der Waals surface area contributed by atoms with Crippen LogP contribution in [0.1, 0.15) is 37.4 Å². The smallest absolute Gasteiger partial charge is 0.100 e. The average molecular weight is 292 g/mol. The maximum absolute atomic E-state index is 6.16. The van der Waals surface area contributed by atoms with Crippen molar-refractivity contribution in [2.24, 2.45) is 0 Å². The van der Waals surface area contributed by atoms with Gasteiger partial charge in [-0.3, -0.25) is 0 Å². The Morgan fingerprint density at radius 2 is 2.12 bits per heavy atom. The summed E-state index contributed by atoms with van der Waals surface area (Å²) in [7, 11) is 0.